The number of carbonyl (C=O) groups is 1. The SMILES string of the molecule is Cc1ccc(NC(=O)NCc2ccc(N)cc2)cc1Cl. The van der Waals surface area contributed by atoms with Crippen LogP contribution in [0.25, 0.3) is 0 Å². The second-order valence-corrected chi connectivity index (χ2v) is 4.92. The minimum Gasteiger partial charge on any atom is -0.399 e. The lowest BCUT2D eigenvalue weighted by atomic mass is 10.2. The number of urea groups is 1. The molecule has 2 amide bonds. The Bertz CT molecular complexity index is 611. The van der Waals surface area contributed by atoms with Crippen molar-refractivity contribution in [1.29, 1.82) is 0 Å². The highest BCUT2D eigenvalue weighted by Gasteiger charge is 2.03. The summed E-state index contributed by atoms with van der Waals surface area (Å²) in [5.41, 5.74) is 8.92. The molecule has 104 valence electrons. The molecule has 0 radical (unpaired) electrons. The highest BCUT2D eigenvalue weighted by Crippen LogP contribution is 2.19. The standard InChI is InChI=1S/C15H16ClN3O/c1-10-2-7-13(8-14(10)16)19-15(20)18-9-11-3-5-12(17)6-4-11/h2-8H,9,17H2,1H3,(H2,18,19,20). The van der Waals surface area contributed by atoms with E-state index in [1.807, 2.05) is 31.2 Å². The minimum atomic E-state index is -0.276. The van der Waals surface area contributed by atoms with Gasteiger partial charge in [-0.1, -0.05) is 29.8 Å². The van der Waals surface area contributed by atoms with Crippen molar-refractivity contribution < 1.29 is 4.79 Å². The van der Waals surface area contributed by atoms with Gasteiger partial charge in [0.1, 0.15) is 0 Å². The van der Waals surface area contributed by atoms with Gasteiger partial charge in [0.15, 0.2) is 0 Å². The van der Waals surface area contributed by atoms with Gasteiger partial charge in [-0.3, -0.25) is 0 Å². The van der Waals surface area contributed by atoms with Gasteiger partial charge >= 0.3 is 6.03 Å². The van der Waals surface area contributed by atoms with Crippen molar-refractivity contribution in [3.05, 3.63) is 58.6 Å². The van der Waals surface area contributed by atoms with Crippen LogP contribution in [0.4, 0.5) is 16.2 Å². The van der Waals surface area contributed by atoms with Crippen LogP contribution < -0.4 is 16.4 Å². The molecule has 0 unspecified atom stereocenters. The van der Waals surface area contributed by atoms with E-state index in [0.717, 1.165) is 11.1 Å². The summed E-state index contributed by atoms with van der Waals surface area (Å²) in [5, 5.41) is 6.13. The number of aryl methyl sites for hydroxylation is 1. The molecule has 0 aliphatic heterocycles. The first-order valence-corrected chi connectivity index (χ1v) is 6.58. The quantitative estimate of drug-likeness (QED) is 0.756. The fourth-order valence-corrected chi connectivity index (χ4v) is 1.84. The van der Waals surface area contributed by atoms with E-state index in [-0.39, 0.29) is 6.03 Å². The smallest absolute Gasteiger partial charge is 0.319 e. The number of nitrogens with two attached hydrogens (primary N) is 1. The largest absolute Gasteiger partial charge is 0.399 e. The van der Waals surface area contributed by atoms with Gasteiger partial charge in [-0.2, -0.15) is 0 Å². The molecular formula is C15H16ClN3O. The van der Waals surface area contributed by atoms with Crippen LogP contribution in [0.5, 0.6) is 0 Å². The molecule has 2 rings (SSSR count). The summed E-state index contributed by atoms with van der Waals surface area (Å²) in [6.07, 6.45) is 0. The van der Waals surface area contributed by atoms with E-state index in [1.165, 1.54) is 0 Å². The second kappa shape index (κ2) is 6.30. The Balaban J connectivity index is 1.89. The molecule has 0 fully saturated rings. The number of halogens is 1. The Kier molecular flexibility index (Phi) is 4.48. The second-order valence-electron chi connectivity index (χ2n) is 4.51. The van der Waals surface area contributed by atoms with Crippen molar-refractivity contribution in [1.82, 2.24) is 5.32 Å². The van der Waals surface area contributed by atoms with Gasteiger partial charge in [0.05, 0.1) is 0 Å². The van der Waals surface area contributed by atoms with Gasteiger partial charge in [0, 0.05) is 22.9 Å². The Morgan fingerprint density at radius 1 is 1.20 bits per heavy atom. The van der Waals surface area contributed by atoms with Crippen LogP contribution in [0.1, 0.15) is 11.1 Å². The summed E-state index contributed by atoms with van der Waals surface area (Å²) >= 11 is 6.00. The van der Waals surface area contributed by atoms with E-state index in [2.05, 4.69) is 10.6 Å². The third-order valence-corrected chi connectivity index (χ3v) is 3.27. The normalized spacial score (nSPS) is 10.1. The van der Waals surface area contributed by atoms with Gasteiger partial charge in [0.25, 0.3) is 0 Å². The van der Waals surface area contributed by atoms with E-state index >= 15 is 0 Å². The third kappa shape index (κ3) is 3.90. The molecule has 20 heavy (non-hydrogen) atoms. The molecule has 5 heteroatoms. The Morgan fingerprint density at radius 2 is 1.90 bits per heavy atom. The maximum atomic E-state index is 11.8. The van der Waals surface area contributed by atoms with Crippen molar-refractivity contribution in [3.63, 3.8) is 0 Å². The van der Waals surface area contributed by atoms with Crippen molar-refractivity contribution in [2.24, 2.45) is 0 Å². The molecule has 0 saturated carbocycles. The summed E-state index contributed by atoms with van der Waals surface area (Å²) in [6, 6.07) is 12.5. The van der Waals surface area contributed by atoms with Gasteiger partial charge < -0.3 is 16.4 Å². The van der Waals surface area contributed by atoms with Crippen LogP contribution in [0.3, 0.4) is 0 Å². The number of rotatable bonds is 3. The first-order chi connectivity index (χ1) is 9.54. The summed E-state index contributed by atoms with van der Waals surface area (Å²) in [6.45, 7) is 2.35. The molecule has 0 aromatic heterocycles. The number of amides is 2. The van der Waals surface area contributed by atoms with Gasteiger partial charge in [0.2, 0.25) is 0 Å². The predicted molar refractivity (Wildman–Crippen MR) is 82.9 cm³/mol. The third-order valence-electron chi connectivity index (χ3n) is 2.86. The van der Waals surface area contributed by atoms with Crippen LogP contribution in [0.15, 0.2) is 42.5 Å². The van der Waals surface area contributed by atoms with Gasteiger partial charge in [-0.15, -0.1) is 0 Å². The zero-order valence-corrected chi connectivity index (χ0v) is 11.9. The monoisotopic (exact) mass is 289 g/mol. The van der Waals surface area contributed by atoms with Crippen molar-refractivity contribution in [3.8, 4) is 0 Å². The maximum absolute atomic E-state index is 11.8. The molecule has 4 N–H and O–H groups in total. The highest BCUT2D eigenvalue weighted by molar-refractivity contribution is 6.31. The molecule has 4 nitrogen and oxygen atoms in total. The van der Waals surface area contributed by atoms with Crippen LogP contribution in [-0.2, 0) is 6.54 Å². The summed E-state index contributed by atoms with van der Waals surface area (Å²) in [4.78, 5) is 11.8. The Morgan fingerprint density at radius 3 is 2.55 bits per heavy atom. The molecule has 0 bridgehead atoms. The number of nitrogens with one attached hydrogen (secondary N) is 2. The number of hydrogen-bond donors (Lipinski definition) is 3. The molecule has 2 aromatic carbocycles. The average Bonchev–Trinajstić information content (AvgIpc) is 2.42. The summed E-state index contributed by atoms with van der Waals surface area (Å²) in [5.74, 6) is 0. The topological polar surface area (TPSA) is 67.2 Å². The Hall–Kier alpha value is -2.20. The lowest BCUT2D eigenvalue weighted by molar-refractivity contribution is 0.251. The van der Waals surface area contributed by atoms with Crippen molar-refractivity contribution in [2.45, 2.75) is 13.5 Å². The van der Waals surface area contributed by atoms with Crippen LogP contribution >= 0.6 is 11.6 Å². The fraction of sp³-hybridized carbons (Fsp3) is 0.133. The number of hydrogen-bond acceptors (Lipinski definition) is 2. The molecular weight excluding hydrogens is 274 g/mol. The van der Waals surface area contributed by atoms with Gasteiger partial charge in [-0.05, 0) is 42.3 Å². The van der Waals surface area contributed by atoms with E-state index in [4.69, 9.17) is 17.3 Å². The van der Waals surface area contributed by atoms with E-state index < -0.39 is 0 Å². The molecule has 0 spiro atoms. The summed E-state index contributed by atoms with van der Waals surface area (Å²) in [7, 11) is 0. The summed E-state index contributed by atoms with van der Waals surface area (Å²) < 4.78 is 0. The lowest BCUT2D eigenvalue weighted by Gasteiger charge is -2.09. The average molecular weight is 290 g/mol. The van der Waals surface area contributed by atoms with Gasteiger partial charge in [-0.25, -0.2) is 4.79 Å². The zero-order chi connectivity index (χ0) is 14.5. The van der Waals surface area contributed by atoms with E-state index in [9.17, 15) is 4.79 Å². The molecule has 0 aliphatic rings. The van der Waals surface area contributed by atoms with Crippen molar-refractivity contribution >= 4 is 29.0 Å². The number of anilines is 2. The van der Waals surface area contributed by atoms with Crippen LogP contribution in [0, 0.1) is 6.92 Å². The lowest BCUT2D eigenvalue weighted by Crippen LogP contribution is -2.28. The molecule has 0 saturated heterocycles. The van der Waals surface area contributed by atoms with E-state index in [1.54, 1.807) is 18.2 Å². The Labute approximate surface area is 122 Å². The zero-order valence-electron chi connectivity index (χ0n) is 11.1. The molecule has 2 aromatic rings. The van der Waals surface area contributed by atoms with E-state index in [0.29, 0.717) is 22.9 Å². The number of carbonyl (C=O) groups excluding carboxylic acids is 1. The number of nitrogen functional groups attached to an aromatic ring is 1. The molecule has 0 aliphatic carbocycles. The first kappa shape index (κ1) is 14.2. The highest BCUT2D eigenvalue weighted by atomic mass is 35.5. The predicted octanol–water partition coefficient (Wildman–Crippen LogP) is 3.55. The van der Waals surface area contributed by atoms with Crippen molar-refractivity contribution in [2.75, 3.05) is 11.1 Å². The van der Waals surface area contributed by atoms with Crippen LogP contribution in [0.2, 0.25) is 5.02 Å². The molecule has 0 heterocycles. The fourth-order valence-electron chi connectivity index (χ4n) is 1.66. The number of benzene rings is 2. The van der Waals surface area contributed by atoms with Crippen LogP contribution in [-0.4, -0.2) is 6.03 Å². The maximum Gasteiger partial charge on any atom is 0.319 e. The minimum absolute atomic E-state index is 0.276. The molecule has 0 atom stereocenters. The first-order valence-electron chi connectivity index (χ1n) is 6.20.